The Morgan fingerprint density at radius 1 is 1.15 bits per heavy atom. The fourth-order valence-corrected chi connectivity index (χ4v) is 3.45. The lowest BCUT2D eigenvalue weighted by Crippen LogP contribution is -2.49. The minimum atomic E-state index is 0.104. The largest absolute Gasteiger partial charge is 0.377 e. The Balaban J connectivity index is 1.48. The van der Waals surface area contributed by atoms with Crippen molar-refractivity contribution in [1.29, 1.82) is 0 Å². The van der Waals surface area contributed by atoms with E-state index in [1.54, 1.807) is 0 Å². The van der Waals surface area contributed by atoms with Crippen LogP contribution >= 0.6 is 0 Å². The van der Waals surface area contributed by atoms with E-state index in [0.717, 1.165) is 50.4 Å². The van der Waals surface area contributed by atoms with E-state index in [9.17, 15) is 4.79 Å². The maximum absolute atomic E-state index is 12.7. The van der Waals surface area contributed by atoms with Gasteiger partial charge in [-0.2, -0.15) is 0 Å². The Hall–Kier alpha value is -1.92. The number of imidazole rings is 1. The van der Waals surface area contributed by atoms with Gasteiger partial charge in [0, 0.05) is 45.2 Å². The van der Waals surface area contributed by atoms with Crippen LogP contribution in [-0.2, 0) is 9.53 Å². The minimum absolute atomic E-state index is 0.104. The summed E-state index contributed by atoms with van der Waals surface area (Å²) in [7, 11) is 0. The molecule has 0 saturated carbocycles. The summed E-state index contributed by atoms with van der Waals surface area (Å²) in [6.45, 7) is 11.4. The minimum Gasteiger partial charge on any atom is -0.377 e. The SMILES string of the molecule is CC(C)OCCN1CCN(C(=O)C[C@@H](C)n2cnc3ccccc32)CC1. The third-order valence-electron chi connectivity index (χ3n) is 5.01. The van der Waals surface area contributed by atoms with Gasteiger partial charge < -0.3 is 14.2 Å². The first-order valence-corrected chi connectivity index (χ1v) is 9.58. The highest BCUT2D eigenvalue weighted by molar-refractivity contribution is 5.78. The predicted octanol–water partition coefficient (Wildman–Crippen LogP) is 2.56. The van der Waals surface area contributed by atoms with Crippen LogP contribution < -0.4 is 0 Å². The highest BCUT2D eigenvalue weighted by atomic mass is 16.5. The van der Waals surface area contributed by atoms with Gasteiger partial charge in [0.1, 0.15) is 0 Å². The second-order valence-corrected chi connectivity index (χ2v) is 7.34. The number of hydrogen-bond acceptors (Lipinski definition) is 4. The Bertz CT molecular complexity index is 719. The maximum Gasteiger partial charge on any atom is 0.224 e. The summed E-state index contributed by atoms with van der Waals surface area (Å²) in [6, 6.07) is 8.16. The van der Waals surface area contributed by atoms with Gasteiger partial charge in [0.05, 0.1) is 30.1 Å². The van der Waals surface area contributed by atoms with Crippen molar-refractivity contribution < 1.29 is 9.53 Å². The zero-order chi connectivity index (χ0) is 18.5. The van der Waals surface area contributed by atoms with E-state index in [2.05, 4.69) is 41.3 Å². The summed E-state index contributed by atoms with van der Waals surface area (Å²) < 4.78 is 7.72. The highest BCUT2D eigenvalue weighted by Gasteiger charge is 2.23. The summed E-state index contributed by atoms with van der Waals surface area (Å²) in [4.78, 5) is 21.5. The number of ether oxygens (including phenoxy) is 1. The maximum atomic E-state index is 12.7. The molecule has 1 amide bonds. The van der Waals surface area contributed by atoms with Gasteiger partial charge in [0.25, 0.3) is 0 Å². The second kappa shape index (κ2) is 8.64. The van der Waals surface area contributed by atoms with Gasteiger partial charge in [-0.3, -0.25) is 9.69 Å². The van der Waals surface area contributed by atoms with Crippen molar-refractivity contribution in [1.82, 2.24) is 19.4 Å². The van der Waals surface area contributed by atoms with E-state index in [-0.39, 0.29) is 18.1 Å². The Morgan fingerprint density at radius 2 is 1.88 bits per heavy atom. The van der Waals surface area contributed by atoms with E-state index in [4.69, 9.17) is 4.74 Å². The van der Waals surface area contributed by atoms with Crippen LogP contribution in [0.15, 0.2) is 30.6 Å². The normalized spacial score (nSPS) is 17.2. The average Bonchev–Trinajstić information content (AvgIpc) is 3.06. The van der Waals surface area contributed by atoms with Crippen LogP contribution in [0.25, 0.3) is 11.0 Å². The average molecular weight is 358 g/mol. The molecule has 1 aliphatic rings. The van der Waals surface area contributed by atoms with E-state index >= 15 is 0 Å². The smallest absolute Gasteiger partial charge is 0.224 e. The first kappa shape index (κ1) is 18.9. The molecule has 0 aliphatic carbocycles. The second-order valence-electron chi connectivity index (χ2n) is 7.34. The lowest BCUT2D eigenvalue weighted by atomic mass is 10.2. The van der Waals surface area contributed by atoms with Gasteiger partial charge in [-0.1, -0.05) is 12.1 Å². The number of benzene rings is 1. The number of amides is 1. The number of piperazine rings is 1. The molecule has 6 nitrogen and oxygen atoms in total. The summed E-state index contributed by atoms with van der Waals surface area (Å²) in [5.74, 6) is 0.230. The van der Waals surface area contributed by atoms with Crippen molar-refractivity contribution in [3.63, 3.8) is 0 Å². The van der Waals surface area contributed by atoms with Gasteiger partial charge in [-0.25, -0.2) is 4.98 Å². The van der Waals surface area contributed by atoms with Crippen molar-refractivity contribution >= 4 is 16.9 Å². The predicted molar refractivity (Wildman–Crippen MR) is 103 cm³/mol. The molecule has 26 heavy (non-hydrogen) atoms. The van der Waals surface area contributed by atoms with Crippen LogP contribution in [0.4, 0.5) is 0 Å². The zero-order valence-corrected chi connectivity index (χ0v) is 16.1. The fraction of sp³-hybridized carbons (Fsp3) is 0.600. The van der Waals surface area contributed by atoms with E-state index in [0.29, 0.717) is 6.42 Å². The summed E-state index contributed by atoms with van der Waals surface area (Å²) in [6.07, 6.45) is 2.63. The topological polar surface area (TPSA) is 50.6 Å². The van der Waals surface area contributed by atoms with E-state index < -0.39 is 0 Å². The molecule has 1 aliphatic heterocycles. The quantitative estimate of drug-likeness (QED) is 0.763. The van der Waals surface area contributed by atoms with Crippen molar-refractivity contribution in [3.8, 4) is 0 Å². The van der Waals surface area contributed by atoms with Gasteiger partial charge in [0.2, 0.25) is 5.91 Å². The van der Waals surface area contributed by atoms with Gasteiger partial charge >= 0.3 is 0 Å². The Morgan fingerprint density at radius 3 is 2.62 bits per heavy atom. The lowest BCUT2D eigenvalue weighted by Gasteiger charge is -2.35. The van der Waals surface area contributed by atoms with Crippen LogP contribution in [-0.4, -0.2) is 70.7 Å². The highest BCUT2D eigenvalue weighted by Crippen LogP contribution is 2.20. The number of carbonyl (C=O) groups is 1. The van der Waals surface area contributed by atoms with Crippen LogP contribution in [0.3, 0.4) is 0 Å². The van der Waals surface area contributed by atoms with Crippen LogP contribution in [0.1, 0.15) is 33.2 Å². The Labute approximate surface area is 155 Å². The number of rotatable bonds is 7. The number of para-hydroxylation sites is 2. The zero-order valence-electron chi connectivity index (χ0n) is 16.1. The third kappa shape index (κ3) is 4.62. The lowest BCUT2D eigenvalue weighted by molar-refractivity contribution is -0.133. The van der Waals surface area contributed by atoms with E-state index in [1.807, 2.05) is 29.4 Å². The molecule has 0 N–H and O–H groups in total. The number of fused-ring (bicyclic) bond motifs is 1. The Kier molecular flexibility index (Phi) is 6.27. The molecular formula is C20H30N4O2. The van der Waals surface area contributed by atoms with Crippen molar-refractivity contribution in [2.45, 2.75) is 39.3 Å². The molecule has 2 heterocycles. The third-order valence-corrected chi connectivity index (χ3v) is 5.01. The molecule has 0 radical (unpaired) electrons. The molecule has 1 fully saturated rings. The molecule has 1 saturated heterocycles. The molecule has 3 rings (SSSR count). The molecule has 0 unspecified atom stereocenters. The first-order chi connectivity index (χ1) is 12.5. The first-order valence-electron chi connectivity index (χ1n) is 9.58. The molecule has 1 aromatic carbocycles. The molecule has 6 heteroatoms. The molecule has 142 valence electrons. The summed E-state index contributed by atoms with van der Waals surface area (Å²) in [5, 5.41) is 0. The van der Waals surface area contributed by atoms with Gasteiger partial charge in [0.15, 0.2) is 0 Å². The number of nitrogens with zero attached hydrogens (tertiary/aromatic N) is 4. The fourth-order valence-electron chi connectivity index (χ4n) is 3.45. The number of hydrogen-bond donors (Lipinski definition) is 0. The molecule has 2 aromatic rings. The molecular weight excluding hydrogens is 328 g/mol. The van der Waals surface area contributed by atoms with Crippen LogP contribution in [0.5, 0.6) is 0 Å². The molecule has 0 spiro atoms. The van der Waals surface area contributed by atoms with Gasteiger partial charge in [-0.05, 0) is 32.9 Å². The molecule has 1 atom stereocenters. The number of aromatic nitrogens is 2. The summed E-state index contributed by atoms with van der Waals surface area (Å²) >= 11 is 0. The van der Waals surface area contributed by atoms with Gasteiger partial charge in [-0.15, -0.1) is 0 Å². The molecule has 0 bridgehead atoms. The summed E-state index contributed by atoms with van der Waals surface area (Å²) in [5.41, 5.74) is 2.06. The van der Waals surface area contributed by atoms with Crippen molar-refractivity contribution in [2.24, 2.45) is 0 Å². The number of carbonyl (C=O) groups excluding carboxylic acids is 1. The van der Waals surface area contributed by atoms with Crippen LogP contribution in [0, 0.1) is 0 Å². The monoisotopic (exact) mass is 358 g/mol. The van der Waals surface area contributed by atoms with Crippen molar-refractivity contribution in [3.05, 3.63) is 30.6 Å². The molecule has 1 aromatic heterocycles. The van der Waals surface area contributed by atoms with Crippen LogP contribution in [0.2, 0.25) is 0 Å². The van der Waals surface area contributed by atoms with Crippen molar-refractivity contribution in [2.75, 3.05) is 39.3 Å². The van der Waals surface area contributed by atoms with E-state index in [1.165, 1.54) is 0 Å². The standard InChI is InChI=1S/C20H30N4O2/c1-16(2)26-13-12-22-8-10-23(11-9-22)20(25)14-17(3)24-15-21-18-6-4-5-7-19(18)24/h4-7,15-17H,8-14H2,1-3H3/t17-/m1/s1.